The van der Waals surface area contributed by atoms with Crippen molar-refractivity contribution >= 4 is 31.9 Å². The molecule has 0 saturated heterocycles. The molecule has 1 rings (SSSR count). The van der Waals surface area contributed by atoms with Crippen molar-refractivity contribution in [1.29, 1.82) is 0 Å². The van der Waals surface area contributed by atoms with Gasteiger partial charge in [0, 0.05) is 0 Å². The van der Waals surface area contributed by atoms with Crippen LogP contribution in [0.4, 0.5) is 0 Å². The fourth-order valence-corrected chi connectivity index (χ4v) is 3.66. The number of carboxylic acid groups (broad SMARTS) is 1. The van der Waals surface area contributed by atoms with Gasteiger partial charge in [0.15, 0.2) is 0 Å². The van der Waals surface area contributed by atoms with Crippen molar-refractivity contribution in [3.8, 4) is 5.75 Å². The van der Waals surface area contributed by atoms with Crippen LogP contribution in [0.3, 0.4) is 0 Å². The second-order valence-corrected chi connectivity index (χ2v) is 7.51. The molecule has 1 aromatic rings. The summed E-state index contributed by atoms with van der Waals surface area (Å²) in [7, 11) is -2.45. The highest BCUT2D eigenvalue weighted by Gasteiger charge is 2.26. The fraction of sp³-hybridized carbons (Fsp3) is 0.462. The minimum Gasteiger partial charge on any atom is -0.496 e. The number of ether oxygens (including phenoxy) is 1. The smallest absolute Gasteiger partial charge is 0.321 e. The Hall–Kier alpha value is -1.12. The van der Waals surface area contributed by atoms with Gasteiger partial charge >= 0.3 is 5.97 Å². The van der Waals surface area contributed by atoms with Crippen LogP contribution in [0.1, 0.15) is 20.3 Å². The maximum absolute atomic E-state index is 12.2. The number of nitrogens with one attached hydrogen (secondary N) is 1. The van der Waals surface area contributed by atoms with E-state index in [0.29, 0.717) is 10.2 Å². The van der Waals surface area contributed by atoms with E-state index in [4.69, 9.17) is 9.84 Å². The molecule has 0 spiro atoms. The van der Waals surface area contributed by atoms with Crippen molar-refractivity contribution in [2.24, 2.45) is 5.92 Å². The van der Waals surface area contributed by atoms with Crippen LogP contribution in [0.25, 0.3) is 0 Å². The summed E-state index contributed by atoms with van der Waals surface area (Å²) in [6.45, 7) is 3.66. The summed E-state index contributed by atoms with van der Waals surface area (Å²) in [5.41, 5.74) is 0. The highest BCUT2D eigenvalue weighted by molar-refractivity contribution is 9.10. The summed E-state index contributed by atoms with van der Waals surface area (Å²) in [5.74, 6) is -0.651. The second-order valence-electron chi connectivity index (χ2n) is 4.94. The molecule has 1 atom stereocenters. The van der Waals surface area contributed by atoms with Crippen molar-refractivity contribution in [3.63, 3.8) is 0 Å². The quantitative estimate of drug-likeness (QED) is 0.757. The van der Waals surface area contributed by atoms with Crippen molar-refractivity contribution in [3.05, 3.63) is 22.7 Å². The summed E-state index contributed by atoms with van der Waals surface area (Å²) in [5, 5.41) is 9.11. The van der Waals surface area contributed by atoms with Gasteiger partial charge in [0.1, 0.15) is 11.8 Å². The van der Waals surface area contributed by atoms with E-state index < -0.39 is 22.0 Å². The lowest BCUT2D eigenvalue weighted by Crippen LogP contribution is -2.41. The molecule has 0 aliphatic carbocycles. The predicted octanol–water partition coefficient (Wildman–Crippen LogP) is 2.24. The Balaban J connectivity index is 3.04. The monoisotopic (exact) mass is 379 g/mol. The van der Waals surface area contributed by atoms with Gasteiger partial charge < -0.3 is 9.84 Å². The molecule has 0 aliphatic rings. The number of hydrogen-bond acceptors (Lipinski definition) is 4. The van der Waals surface area contributed by atoms with E-state index >= 15 is 0 Å². The van der Waals surface area contributed by atoms with Gasteiger partial charge in [-0.3, -0.25) is 4.79 Å². The van der Waals surface area contributed by atoms with Gasteiger partial charge in [0.05, 0.1) is 16.5 Å². The van der Waals surface area contributed by atoms with E-state index in [0.717, 1.165) is 0 Å². The zero-order valence-corrected chi connectivity index (χ0v) is 14.4. The molecular weight excluding hydrogens is 362 g/mol. The van der Waals surface area contributed by atoms with Crippen LogP contribution >= 0.6 is 15.9 Å². The number of methoxy groups -OCH3 is 1. The SMILES string of the molecule is COc1ccc(S(=O)(=O)N[C@H](CC(C)C)C(=O)O)cc1Br. The van der Waals surface area contributed by atoms with Crippen LogP contribution in [-0.2, 0) is 14.8 Å². The van der Waals surface area contributed by atoms with E-state index in [2.05, 4.69) is 20.7 Å². The molecule has 0 aliphatic heterocycles. The van der Waals surface area contributed by atoms with E-state index in [1.54, 1.807) is 0 Å². The van der Waals surface area contributed by atoms with E-state index in [-0.39, 0.29) is 17.2 Å². The van der Waals surface area contributed by atoms with E-state index in [1.807, 2.05) is 13.8 Å². The molecule has 0 fully saturated rings. The molecular formula is C13H18BrNO5S. The molecule has 0 heterocycles. The summed E-state index contributed by atoms with van der Waals surface area (Å²) in [4.78, 5) is 11.1. The molecule has 0 aromatic heterocycles. The van der Waals surface area contributed by atoms with Crippen LogP contribution in [-0.4, -0.2) is 32.6 Å². The first-order valence-electron chi connectivity index (χ1n) is 6.26. The topological polar surface area (TPSA) is 92.7 Å². The van der Waals surface area contributed by atoms with Crippen molar-refractivity contribution in [2.45, 2.75) is 31.2 Å². The standard InChI is InChI=1S/C13H18BrNO5S/c1-8(2)6-11(13(16)17)15-21(18,19)9-4-5-12(20-3)10(14)7-9/h4-5,7-8,11,15H,6H2,1-3H3,(H,16,17)/t11-/m1/s1. The number of rotatable bonds is 7. The van der Waals surface area contributed by atoms with Crippen LogP contribution in [0.15, 0.2) is 27.6 Å². The van der Waals surface area contributed by atoms with Crippen LogP contribution in [0.5, 0.6) is 5.75 Å². The fourth-order valence-electron chi connectivity index (χ4n) is 1.74. The molecule has 2 N–H and O–H groups in total. The minimum absolute atomic E-state index is 0.0230. The number of sulfonamides is 1. The Morgan fingerprint density at radius 3 is 2.48 bits per heavy atom. The van der Waals surface area contributed by atoms with Crippen molar-refractivity contribution in [1.82, 2.24) is 4.72 Å². The summed E-state index contributed by atoms with van der Waals surface area (Å²) < 4.78 is 32.2. The number of carboxylic acids is 1. The highest BCUT2D eigenvalue weighted by atomic mass is 79.9. The zero-order chi connectivity index (χ0) is 16.2. The third-order valence-electron chi connectivity index (χ3n) is 2.74. The Labute approximate surface area is 132 Å². The predicted molar refractivity (Wildman–Crippen MR) is 81.9 cm³/mol. The first kappa shape index (κ1) is 17.9. The number of aliphatic carboxylic acids is 1. The number of halogens is 1. The third-order valence-corrected chi connectivity index (χ3v) is 4.83. The van der Waals surface area contributed by atoms with Gasteiger partial charge in [-0.15, -0.1) is 0 Å². The lowest BCUT2D eigenvalue weighted by atomic mass is 10.1. The second kappa shape index (κ2) is 7.24. The van der Waals surface area contributed by atoms with Gasteiger partial charge in [-0.05, 0) is 46.5 Å². The average Bonchev–Trinajstić information content (AvgIpc) is 2.36. The van der Waals surface area contributed by atoms with Crippen molar-refractivity contribution in [2.75, 3.05) is 7.11 Å². The third kappa shape index (κ3) is 4.98. The van der Waals surface area contributed by atoms with Crippen LogP contribution in [0, 0.1) is 5.92 Å². The van der Waals surface area contributed by atoms with Gasteiger partial charge in [-0.2, -0.15) is 4.72 Å². The first-order valence-corrected chi connectivity index (χ1v) is 8.53. The molecule has 0 bridgehead atoms. The van der Waals surface area contributed by atoms with Gasteiger partial charge in [-0.1, -0.05) is 13.8 Å². The molecule has 0 radical (unpaired) electrons. The van der Waals surface area contributed by atoms with Crippen LogP contribution < -0.4 is 9.46 Å². The normalized spacial score (nSPS) is 13.2. The molecule has 1 aromatic carbocycles. The molecule has 0 unspecified atom stereocenters. The number of hydrogen-bond donors (Lipinski definition) is 2. The Morgan fingerprint density at radius 2 is 2.05 bits per heavy atom. The van der Waals surface area contributed by atoms with E-state index in [1.165, 1.54) is 25.3 Å². The maximum Gasteiger partial charge on any atom is 0.321 e. The minimum atomic E-state index is -3.91. The maximum atomic E-state index is 12.2. The highest BCUT2D eigenvalue weighted by Crippen LogP contribution is 2.27. The first-order chi connectivity index (χ1) is 9.67. The molecule has 118 valence electrons. The van der Waals surface area contributed by atoms with Crippen molar-refractivity contribution < 1.29 is 23.1 Å². The van der Waals surface area contributed by atoms with Gasteiger partial charge in [-0.25, -0.2) is 8.42 Å². The van der Waals surface area contributed by atoms with Gasteiger partial charge in [0.2, 0.25) is 10.0 Å². The zero-order valence-electron chi connectivity index (χ0n) is 12.0. The molecule has 6 nitrogen and oxygen atoms in total. The number of carbonyl (C=O) groups is 1. The summed E-state index contributed by atoms with van der Waals surface area (Å²) in [6, 6.07) is 3.07. The average molecular weight is 380 g/mol. The number of benzene rings is 1. The molecule has 0 saturated carbocycles. The lowest BCUT2D eigenvalue weighted by Gasteiger charge is -2.17. The molecule has 8 heteroatoms. The van der Waals surface area contributed by atoms with E-state index in [9.17, 15) is 13.2 Å². The Bertz CT molecular complexity index is 615. The largest absolute Gasteiger partial charge is 0.496 e. The lowest BCUT2D eigenvalue weighted by molar-refractivity contribution is -0.139. The Morgan fingerprint density at radius 1 is 1.43 bits per heavy atom. The summed E-state index contributed by atoms with van der Waals surface area (Å²) in [6.07, 6.45) is 0.214. The molecule has 21 heavy (non-hydrogen) atoms. The summed E-state index contributed by atoms with van der Waals surface area (Å²) >= 11 is 3.20. The van der Waals surface area contributed by atoms with Gasteiger partial charge in [0.25, 0.3) is 0 Å². The Kier molecular flexibility index (Phi) is 6.18. The molecule has 0 amide bonds. The van der Waals surface area contributed by atoms with Crippen LogP contribution in [0.2, 0.25) is 0 Å².